The van der Waals surface area contributed by atoms with E-state index in [-0.39, 0.29) is 17.9 Å². The van der Waals surface area contributed by atoms with Crippen molar-refractivity contribution < 1.29 is 4.79 Å². The average molecular weight is 256 g/mol. The van der Waals surface area contributed by atoms with Gasteiger partial charge in [0.2, 0.25) is 5.91 Å². The lowest BCUT2D eigenvalue weighted by Gasteiger charge is -2.32. The van der Waals surface area contributed by atoms with Gasteiger partial charge in [0.1, 0.15) is 0 Å². The largest absolute Gasteiger partial charge is 0.324 e. The molecule has 0 bridgehead atoms. The predicted octanol–water partition coefficient (Wildman–Crippen LogP) is 2.18. The molecule has 1 aromatic carbocycles. The molecule has 2 aliphatic rings. The maximum atomic E-state index is 12.7. The first kappa shape index (κ1) is 12.4. The van der Waals surface area contributed by atoms with E-state index in [4.69, 9.17) is 5.73 Å². The quantitative estimate of drug-likeness (QED) is 0.783. The van der Waals surface area contributed by atoms with Crippen molar-refractivity contribution in [3.05, 3.63) is 41.5 Å². The van der Waals surface area contributed by atoms with E-state index in [1.807, 2.05) is 17.1 Å². The minimum atomic E-state index is -0.0412. The van der Waals surface area contributed by atoms with Gasteiger partial charge < -0.3 is 10.6 Å². The molecule has 0 saturated heterocycles. The third-order valence-corrected chi connectivity index (χ3v) is 4.12. The monoisotopic (exact) mass is 256 g/mol. The maximum absolute atomic E-state index is 12.7. The van der Waals surface area contributed by atoms with Gasteiger partial charge >= 0.3 is 0 Å². The summed E-state index contributed by atoms with van der Waals surface area (Å²) in [6.45, 7) is 2.91. The molecule has 1 heterocycles. The van der Waals surface area contributed by atoms with Crippen molar-refractivity contribution >= 4 is 11.6 Å². The minimum absolute atomic E-state index is 0.0371. The number of nitrogens with zero attached hydrogens (tertiary/aromatic N) is 1. The summed E-state index contributed by atoms with van der Waals surface area (Å²) >= 11 is 0. The summed E-state index contributed by atoms with van der Waals surface area (Å²) in [5.74, 6) is 0.167. The average Bonchev–Trinajstić information content (AvgIpc) is 2.84. The summed E-state index contributed by atoms with van der Waals surface area (Å²) in [5.41, 5.74) is 9.48. The standard InChI is InChI=1S/C16H20N2O/c1-11-4-2-5-12-6-3-9-18(15(11)12)16(19)13-7-8-14(17)10-13/h2,4-5,7-8,13-14H,3,6,9-10,17H2,1H3. The molecule has 0 saturated carbocycles. The topological polar surface area (TPSA) is 46.3 Å². The van der Waals surface area contributed by atoms with E-state index in [0.717, 1.165) is 31.5 Å². The number of amides is 1. The van der Waals surface area contributed by atoms with Gasteiger partial charge in [-0.3, -0.25) is 4.79 Å². The van der Waals surface area contributed by atoms with Crippen LogP contribution in [0.25, 0.3) is 0 Å². The molecule has 2 unspecified atom stereocenters. The van der Waals surface area contributed by atoms with Gasteiger partial charge in [-0.1, -0.05) is 30.4 Å². The molecule has 1 aromatic rings. The highest BCUT2D eigenvalue weighted by atomic mass is 16.2. The third kappa shape index (κ3) is 2.19. The van der Waals surface area contributed by atoms with Crippen LogP contribution < -0.4 is 10.6 Å². The fraction of sp³-hybridized carbons (Fsp3) is 0.438. The van der Waals surface area contributed by atoms with Crippen molar-refractivity contribution in [2.75, 3.05) is 11.4 Å². The first-order valence-corrected chi connectivity index (χ1v) is 7.00. The SMILES string of the molecule is Cc1cccc2c1N(C(=O)C1C=CC(N)C1)CCC2. The van der Waals surface area contributed by atoms with Crippen LogP contribution in [0.3, 0.4) is 0 Å². The molecular formula is C16H20N2O. The Morgan fingerprint density at radius 2 is 2.21 bits per heavy atom. The summed E-state index contributed by atoms with van der Waals surface area (Å²) in [4.78, 5) is 14.7. The molecule has 2 N–H and O–H groups in total. The van der Waals surface area contributed by atoms with Crippen LogP contribution in [0.15, 0.2) is 30.4 Å². The summed E-state index contributed by atoms with van der Waals surface area (Å²) in [6.07, 6.45) is 6.78. The van der Waals surface area contributed by atoms with Gasteiger partial charge in [-0.05, 0) is 37.3 Å². The Labute approximate surface area is 114 Å². The first-order chi connectivity index (χ1) is 9.16. The van der Waals surface area contributed by atoms with E-state index in [1.165, 1.54) is 11.1 Å². The molecule has 1 amide bonds. The van der Waals surface area contributed by atoms with Gasteiger partial charge in [-0.25, -0.2) is 0 Å². The smallest absolute Gasteiger partial charge is 0.233 e. The van der Waals surface area contributed by atoms with Gasteiger partial charge in [0, 0.05) is 18.3 Å². The molecule has 0 fully saturated rings. The zero-order chi connectivity index (χ0) is 13.4. The lowest BCUT2D eigenvalue weighted by Crippen LogP contribution is -2.40. The van der Waals surface area contributed by atoms with Crippen LogP contribution in [0.4, 0.5) is 5.69 Å². The Bertz CT molecular complexity index is 536. The van der Waals surface area contributed by atoms with Crippen molar-refractivity contribution in [1.82, 2.24) is 0 Å². The Kier molecular flexibility index (Phi) is 3.15. The maximum Gasteiger partial charge on any atom is 0.233 e. The van der Waals surface area contributed by atoms with Crippen LogP contribution in [0.2, 0.25) is 0 Å². The van der Waals surface area contributed by atoms with Crippen LogP contribution in [0.1, 0.15) is 24.0 Å². The number of nitrogens with two attached hydrogens (primary N) is 1. The fourth-order valence-corrected chi connectivity index (χ4v) is 3.18. The Balaban J connectivity index is 1.91. The van der Waals surface area contributed by atoms with Crippen molar-refractivity contribution in [2.45, 2.75) is 32.2 Å². The van der Waals surface area contributed by atoms with E-state index < -0.39 is 0 Å². The zero-order valence-electron chi connectivity index (χ0n) is 11.3. The number of fused-ring (bicyclic) bond motifs is 1. The number of hydrogen-bond acceptors (Lipinski definition) is 2. The van der Waals surface area contributed by atoms with Crippen LogP contribution in [-0.2, 0) is 11.2 Å². The molecule has 2 atom stereocenters. The number of anilines is 1. The van der Waals surface area contributed by atoms with Crippen molar-refractivity contribution in [3.63, 3.8) is 0 Å². The summed E-state index contributed by atoms with van der Waals surface area (Å²) < 4.78 is 0. The van der Waals surface area contributed by atoms with E-state index in [2.05, 4.69) is 25.1 Å². The predicted molar refractivity (Wildman–Crippen MR) is 77.1 cm³/mol. The number of carbonyl (C=O) groups is 1. The first-order valence-electron chi connectivity index (χ1n) is 7.00. The van der Waals surface area contributed by atoms with Gasteiger partial charge in [0.15, 0.2) is 0 Å². The fourth-order valence-electron chi connectivity index (χ4n) is 3.18. The molecule has 1 aliphatic carbocycles. The molecule has 0 aromatic heterocycles. The number of aryl methyl sites for hydroxylation is 2. The number of carbonyl (C=O) groups excluding carboxylic acids is 1. The second-order valence-corrected chi connectivity index (χ2v) is 5.57. The Morgan fingerprint density at radius 1 is 1.37 bits per heavy atom. The zero-order valence-corrected chi connectivity index (χ0v) is 11.3. The van der Waals surface area contributed by atoms with E-state index in [1.54, 1.807) is 0 Å². The Hall–Kier alpha value is -1.61. The highest BCUT2D eigenvalue weighted by molar-refractivity contribution is 5.98. The summed E-state index contributed by atoms with van der Waals surface area (Å²) in [7, 11) is 0. The lowest BCUT2D eigenvalue weighted by molar-refractivity contribution is -0.121. The van der Waals surface area contributed by atoms with Crippen LogP contribution in [0, 0.1) is 12.8 Å². The van der Waals surface area contributed by atoms with Crippen LogP contribution in [-0.4, -0.2) is 18.5 Å². The normalized spacial score (nSPS) is 25.5. The van der Waals surface area contributed by atoms with E-state index >= 15 is 0 Å². The summed E-state index contributed by atoms with van der Waals surface area (Å²) in [5, 5.41) is 0. The number of benzene rings is 1. The molecule has 3 heteroatoms. The third-order valence-electron chi connectivity index (χ3n) is 4.12. The van der Waals surface area contributed by atoms with Crippen molar-refractivity contribution in [2.24, 2.45) is 11.7 Å². The van der Waals surface area contributed by atoms with Crippen LogP contribution in [0.5, 0.6) is 0 Å². The van der Waals surface area contributed by atoms with Crippen molar-refractivity contribution in [1.29, 1.82) is 0 Å². The van der Waals surface area contributed by atoms with Gasteiger partial charge in [-0.15, -0.1) is 0 Å². The molecule has 1 aliphatic heterocycles. The molecule has 3 nitrogen and oxygen atoms in total. The highest BCUT2D eigenvalue weighted by Crippen LogP contribution is 2.33. The molecule has 3 rings (SSSR count). The van der Waals surface area contributed by atoms with Gasteiger partial charge in [-0.2, -0.15) is 0 Å². The number of para-hydroxylation sites is 1. The second-order valence-electron chi connectivity index (χ2n) is 5.57. The highest BCUT2D eigenvalue weighted by Gasteiger charge is 2.31. The van der Waals surface area contributed by atoms with Gasteiger partial charge in [0.05, 0.1) is 5.92 Å². The van der Waals surface area contributed by atoms with E-state index in [9.17, 15) is 4.79 Å². The molecule has 0 spiro atoms. The van der Waals surface area contributed by atoms with Crippen LogP contribution >= 0.6 is 0 Å². The molecule has 100 valence electrons. The Morgan fingerprint density at radius 3 is 2.95 bits per heavy atom. The summed E-state index contributed by atoms with van der Waals surface area (Å²) in [6, 6.07) is 6.33. The van der Waals surface area contributed by atoms with Crippen molar-refractivity contribution in [3.8, 4) is 0 Å². The lowest BCUT2D eigenvalue weighted by atomic mass is 9.96. The van der Waals surface area contributed by atoms with Gasteiger partial charge in [0.25, 0.3) is 0 Å². The minimum Gasteiger partial charge on any atom is -0.324 e. The van der Waals surface area contributed by atoms with E-state index in [0.29, 0.717) is 0 Å². The number of hydrogen-bond donors (Lipinski definition) is 1. The number of rotatable bonds is 1. The molecular weight excluding hydrogens is 236 g/mol. The molecule has 0 radical (unpaired) electrons. The molecule has 19 heavy (non-hydrogen) atoms. The second kappa shape index (κ2) is 4.82.